The molecule has 2 aliphatic rings. The Morgan fingerprint density at radius 1 is 1.20 bits per heavy atom. The maximum absolute atomic E-state index is 13.3. The highest BCUT2D eigenvalue weighted by atomic mass is 16.6. The van der Waals surface area contributed by atoms with Crippen molar-refractivity contribution in [2.75, 3.05) is 13.2 Å². The summed E-state index contributed by atoms with van der Waals surface area (Å²) in [5.41, 5.74) is 9.01. The molecular formula is C27H38N2O6. The molecule has 192 valence electrons. The number of fused-ring (bicyclic) bond motifs is 3. The lowest BCUT2D eigenvalue weighted by molar-refractivity contribution is -0.134. The average molecular weight is 487 g/mol. The third kappa shape index (κ3) is 7.01. The van der Waals surface area contributed by atoms with Gasteiger partial charge in [-0.3, -0.25) is 4.79 Å². The number of nitrogens with zero attached hydrogens (tertiary/aromatic N) is 1. The summed E-state index contributed by atoms with van der Waals surface area (Å²) in [6, 6.07) is 6.79. The van der Waals surface area contributed by atoms with Crippen molar-refractivity contribution in [1.82, 2.24) is 0 Å². The van der Waals surface area contributed by atoms with E-state index in [-0.39, 0.29) is 16.7 Å². The molecular weight excluding hydrogens is 448 g/mol. The molecule has 1 aromatic carbocycles. The first-order valence-electron chi connectivity index (χ1n) is 12.1. The first-order valence-corrected chi connectivity index (χ1v) is 12.1. The number of hydrogen-bond acceptors (Lipinski definition) is 6. The Labute approximate surface area is 207 Å². The van der Waals surface area contributed by atoms with Crippen molar-refractivity contribution in [1.29, 1.82) is 0 Å². The summed E-state index contributed by atoms with van der Waals surface area (Å²) < 4.78 is 0. The Morgan fingerprint density at radius 3 is 2.43 bits per heavy atom. The van der Waals surface area contributed by atoms with E-state index in [0.717, 1.165) is 25.7 Å². The molecule has 2 aliphatic carbocycles. The van der Waals surface area contributed by atoms with Crippen LogP contribution in [0, 0.1) is 11.3 Å². The normalized spacial score (nSPS) is 25.7. The fourth-order valence-corrected chi connectivity index (χ4v) is 5.47. The van der Waals surface area contributed by atoms with Crippen LogP contribution in [0.15, 0.2) is 35.5 Å². The van der Waals surface area contributed by atoms with Gasteiger partial charge in [-0.15, -0.1) is 0 Å². The molecule has 0 spiro atoms. The van der Waals surface area contributed by atoms with E-state index >= 15 is 0 Å². The van der Waals surface area contributed by atoms with Gasteiger partial charge in [-0.1, -0.05) is 57.5 Å². The molecule has 0 aliphatic heterocycles. The Kier molecular flexibility index (Phi) is 9.77. The second kappa shape index (κ2) is 12.1. The van der Waals surface area contributed by atoms with Gasteiger partial charge >= 0.3 is 11.9 Å². The van der Waals surface area contributed by atoms with Crippen molar-refractivity contribution < 1.29 is 29.4 Å². The number of carboxylic acid groups (broad SMARTS) is 2. The van der Waals surface area contributed by atoms with Crippen LogP contribution in [0.2, 0.25) is 0 Å². The zero-order chi connectivity index (χ0) is 26.2. The van der Waals surface area contributed by atoms with Crippen molar-refractivity contribution in [3.63, 3.8) is 0 Å². The molecule has 35 heavy (non-hydrogen) atoms. The summed E-state index contributed by atoms with van der Waals surface area (Å²) in [5, 5.41) is 19.8. The van der Waals surface area contributed by atoms with Gasteiger partial charge in [0.05, 0.1) is 6.21 Å². The van der Waals surface area contributed by atoms with Crippen LogP contribution >= 0.6 is 0 Å². The lowest BCUT2D eigenvalue weighted by Gasteiger charge is -2.52. The van der Waals surface area contributed by atoms with Gasteiger partial charge in [-0.25, -0.2) is 9.59 Å². The fourth-order valence-electron chi connectivity index (χ4n) is 5.47. The molecule has 1 aromatic rings. The minimum atomic E-state index is -1.26. The number of benzene rings is 1. The maximum atomic E-state index is 13.3. The van der Waals surface area contributed by atoms with E-state index in [2.05, 4.69) is 51.0 Å². The van der Waals surface area contributed by atoms with E-state index in [9.17, 15) is 14.4 Å². The van der Waals surface area contributed by atoms with Crippen LogP contribution in [0.5, 0.6) is 0 Å². The lowest BCUT2D eigenvalue weighted by Crippen LogP contribution is -2.54. The van der Waals surface area contributed by atoms with Gasteiger partial charge in [0.2, 0.25) is 0 Å². The monoisotopic (exact) mass is 486 g/mol. The van der Waals surface area contributed by atoms with Crippen molar-refractivity contribution in [2.45, 2.75) is 71.1 Å². The van der Waals surface area contributed by atoms with E-state index in [1.165, 1.54) is 16.7 Å². The smallest absolute Gasteiger partial charge is 0.328 e. The van der Waals surface area contributed by atoms with Gasteiger partial charge in [-0.2, -0.15) is 0 Å². The highest BCUT2D eigenvalue weighted by Gasteiger charge is 2.55. The third-order valence-electron chi connectivity index (χ3n) is 7.04. The molecule has 8 heteroatoms. The number of carbonyl (C=O) groups is 3. The van der Waals surface area contributed by atoms with E-state index in [1.807, 2.05) is 6.21 Å². The molecule has 0 saturated heterocycles. The second-order valence-electron chi connectivity index (χ2n) is 10.1. The molecule has 1 unspecified atom stereocenters. The quantitative estimate of drug-likeness (QED) is 0.218. The van der Waals surface area contributed by atoms with Crippen molar-refractivity contribution >= 4 is 23.9 Å². The number of aliphatic carboxylic acids is 2. The first kappa shape index (κ1) is 28.2. The molecule has 3 atom stereocenters. The van der Waals surface area contributed by atoms with E-state index < -0.39 is 11.9 Å². The van der Waals surface area contributed by atoms with Crippen LogP contribution in [-0.4, -0.2) is 47.3 Å². The molecule has 1 saturated carbocycles. The second-order valence-corrected chi connectivity index (χ2v) is 10.1. The molecule has 1 fully saturated rings. The van der Waals surface area contributed by atoms with Crippen LogP contribution in [0.3, 0.4) is 0 Å². The fraction of sp³-hybridized carbons (Fsp3) is 0.556. The standard InChI is InChI=1S/C23H34N2O2.C4H4O4/c1-16(2)17-7-8-19-18(13-17)14-20(26)21-22(3,9-5-10-23(19,21)4)15-25-27-12-6-11-24;5-3(6)1-2-4(7)8/h7-8,13,15-16,21H,5-6,9-12,14,24H2,1-4H3;1-2H,(H,5,6)(H,7,8)/b;2-1+/t21?,22-,23-;/m1./s1. The molecule has 0 aromatic heterocycles. The zero-order valence-corrected chi connectivity index (χ0v) is 21.1. The number of carbonyl (C=O) groups excluding carboxylic acids is 1. The van der Waals surface area contributed by atoms with E-state index in [4.69, 9.17) is 20.8 Å². The highest BCUT2D eigenvalue weighted by Crippen LogP contribution is 2.55. The molecule has 0 radical (unpaired) electrons. The number of rotatable bonds is 8. The van der Waals surface area contributed by atoms with E-state index in [1.54, 1.807) is 0 Å². The average Bonchev–Trinajstić information content (AvgIpc) is 2.77. The Balaban J connectivity index is 0.000000466. The highest BCUT2D eigenvalue weighted by molar-refractivity contribution is 5.92. The third-order valence-corrected chi connectivity index (χ3v) is 7.04. The number of oxime groups is 1. The van der Waals surface area contributed by atoms with Crippen LogP contribution < -0.4 is 5.73 Å². The maximum Gasteiger partial charge on any atom is 0.328 e. The van der Waals surface area contributed by atoms with Gasteiger partial charge in [0, 0.05) is 35.3 Å². The molecule has 0 amide bonds. The molecule has 3 rings (SSSR count). The van der Waals surface area contributed by atoms with Crippen LogP contribution in [0.25, 0.3) is 0 Å². The van der Waals surface area contributed by atoms with Crippen molar-refractivity contribution in [2.24, 2.45) is 22.2 Å². The lowest BCUT2D eigenvalue weighted by atomic mass is 9.49. The Bertz CT molecular complexity index is 970. The topological polar surface area (TPSA) is 139 Å². The number of carboxylic acids is 2. The number of hydrogen-bond donors (Lipinski definition) is 3. The van der Waals surface area contributed by atoms with E-state index in [0.29, 0.717) is 43.4 Å². The van der Waals surface area contributed by atoms with Crippen LogP contribution in [0.4, 0.5) is 0 Å². The SMILES string of the molecule is CC(C)c1ccc2c(c1)CC(=O)C1[C@@](C)(C=NOCCCN)CCC[C@]21C.O=C(O)/C=C/C(=O)O. The van der Waals surface area contributed by atoms with Gasteiger partial charge in [0.1, 0.15) is 12.4 Å². The van der Waals surface area contributed by atoms with Crippen molar-refractivity contribution in [3.8, 4) is 0 Å². The Morgan fingerprint density at radius 2 is 1.86 bits per heavy atom. The largest absolute Gasteiger partial charge is 0.478 e. The van der Waals surface area contributed by atoms with Gasteiger partial charge in [0.15, 0.2) is 0 Å². The summed E-state index contributed by atoms with van der Waals surface area (Å²) >= 11 is 0. The molecule has 0 heterocycles. The summed E-state index contributed by atoms with van der Waals surface area (Å²) in [6.45, 7) is 9.99. The first-order chi connectivity index (χ1) is 16.4. The predicted molar refractivity (Wildman–Crippen MR) is 135 cm³/mol. The van der Waals surface area contributed by atoms with Crippen LogP contribution in [0.1, 0.15) is 76.0 Å². The Hall–Kier alpha value is -3.00. The minimum absolute atomic E-state index is 0.0435. The zero-order valence-electron chi connectivity index (χ0n) is 21.1. The van der Waals surface area contributed by atoms with Gasteiger partial charge < -0.3 is 20.8 Å². The number of Topliss-reactive ketones (excluding diaryl/α,β-unsaturated/α-hetero) is 1. The van der Waals surface area contributed by atoms with Gasteiger partial charge in [0.25, 0.3) is 0 Å². The summed E-state index contributed by atoms with van der Waals surface area (Å²) in [7, 11) is 0. The summed E-state index contributed by atoms with van der Waals surface area (Å²) in [6.07, 6.45) is 7.46. The van der Waals surface area contributed by atoms with Crippen LogP contribution in [-0.2, 0) is 31.1 Å². The predicted octanol–water partition coefficient (Wildman–Crippen LogP) is 4.06. The molecule has 0 bridgehead atoms. The summed E-state index contributed by atoms with van der Waals surface area (Å²) in [5.74, 6) is -1.73. The molecule has 8 nitrogen and oxygen atoms in total. The molecule has 4 N–H and O–H groups in total. The van der Waals surface area contributed by atoms with Crippen molar-refractivity contribution in [3.05, 3.63) is 47.0 Å². The number of ketones is 1. The number of nitrogens with two attached hydrogens (primary N) is 1. The van der Waals surface area contributed by atoms with Gasteiger partial charge in [-0.05, 0) is 48.4 Å². The summed E-state index contributed by atoms with van der Waals surface area (Å²) in [4.78, 5) is 37.8. The minimum Gasteiger partial charge on any atom is -0.478 e.